The lowest BCUT2D eigenvalue weighted by Crippen LogP contribution is -2.61. The van der Waals surface area contributed by atoms with Gasteiger partial charge in [0.2, 0.25) is 0 Å². The van der Waals surface area contributed by atoms with Crippen molar-refractivity contribution in [3.05, 3.63) is 66.1 Å². The van der Waals surface area contributed by atoms with Gasteiger partial charge in [0.15, 0.2) is 5.82 Å². The molecule has 0 radical (unpaired) electrons. The van der Waals surface area contributed by atoms with E-state index in [0.717, 1.165) is 22.5 Å². The van der Waals surface area contributed by atoms with E-state index in [1.54, 1.807) is 19.1 Å². The van der Waals surface area contributed by atoms with E-state index in [4.69, 9.17) is 9.47 Å². The van der Waals surface area contributed by atoms with Crippen LogP contribution in [0.1, 0.15) is 18.9 Å². The zero-order valence-corrected chi connectivity index (χ0v) is 24.3. The number of anilines is 2. The first-order chi connectivity index (χ1) is 20.4. The SMILES string of the molecule is CCOc1cc(F)cc(-c2cnc3c(c2)N(S(=O)(=O)c2cccc(C(F)(F)F)c2)C[C@@H]2CN(CCC(=O)OC)CCN32)c1. The first-order valence-electron chi connectivity index (χ1n) is 13.6. The first-order valence-corrected chi connectivity index (χ1v) is 15.0. The van der Waals surface area contributed by atoms with Crippen LogP contribution < -0.4 is 13.9 Å². The average Bonchev–Trinajstić information content (AvgIpc) is 2.98. The van der Waals surface area contributed by atoms with Gasteiger partial charge < -0.3 is 14.4 Å². The molecule has 1 fully saturated rings. The molecular formula is C29H30F4N4O5S. The van der Waals surface area contributed by atoms with Gasteiger partial charge in [-0.15, -0.1) is 0 Å². The van der Waals surface area contributed by atoms with Crippen LogP contribution in [0.2, 0.25) is 0 Å². The van der Waals surface area contributed by atoms with E-state index in [1.807, 2.05) is 9.80 Å². The van der Waals surface area contributed by atoms with E-state index in [9.17, 15) is 30.8 Å². The normalized spacial score (nSPS) is 17.3. The number of rotatable bonds is 8. The van der Waals surface area contributed by atoms with Gasteiger partial charge in [0, 0.05) is 44.0 Å². The van der Waals surface area contributed by atoms with Crippen molar-refractivity contribution in [1.82, 2.24) is 9.88 Å². The van der Waals surface area contributed by atoms with Gasteiger partial charge in [-0.1, -0.05) is 6.07 Å². The molecule has 2 aliphatic rings. The van der Waals surface area contributed by atoms with E-state index in [1.165, 1.54) is 25.4 Å². The van der Waals surface area contributed by atoms with Crippen molar-refractivity contribution in [2.75, 3.05) is 55.6 Å². The van der Waals surface area contributed by atoms with Crippen molar-refractivity contribution in [2.24, 2.45) is 0 Å². The number of sulfonamides is 1. The number of hydrogen-bond donors (Lipinski definition) is 0. The molecule has 230 valence electrons. The highest BCUT2D eigenvalue weighted by Crippen LogP contribution is 2.41. The van der Waals surface area contributed by atoms with Gasteiger partial charge in [0.25, 0.3) is 10.0 Å². The highest BCUT2D eigenvalue weighted by atomic mass is 32.2. The van der Waals surface area contributed by atoms with Crippen molar-refractivity contribution < 1.29 is 40.2 Å². The highest BCUT2D eigenvalue weighted by Gasteiger charge is 2.41. The Bertz CT molecular complexity index is 1620. The summed E-state index contributed by atoms with van der Waals surface area (Å²) in [4.78, 5) is 19.7. The Kier molecular flexibility index (Phi) is 8.52. The van der Waals surface area contributed by atoms with Gasteiger partial charge in [-0.05, 0) is 48.9 Å². The van der Waals surface area contributed by atoms with Crippen molar-refractivity contribution >= 4 is 27.5 Å². The van der Waals surface area contributed by atoms with Crippen LogP contribution in [0.15, 0.2) is 59.6 Å². The molecule has 3 aromatic rings. The van der Waals surface area contributed by atoms with E-state index in [-0.39, 0.29) is 30.4 Å². The maximum Gasteiger partial charge on any atom is 0.416 e. The van der Waals surface area contributed by atoms with Crippen LogP contribution in [0.3, 0.4) is 0 Å². The van der Waals surface area contributed by atoms with Crippen LogP contribution in [0.5, 0.6) is 5.75 Å². The number of hydrogen-bond acceptors (Lipinski definition) is 8. The monoisotopic (exact) mass is 622 g/mol. The molecule has 0 N–H and O–H groups in total. The number of alkyl halides is 3. The second-order valence-electron chi connectivity index (χ2n) is 10.2. The molecule has 3 heterocycles. The zero-order valence-electron chi connectivity index (χ0n) is 23.5. The molecule has 9 nitrogen and oxygen atoms in total. The fourth-order valence-corrected chi connectivity index (χ4v) is 6.92. The Morgan fingerprint density at radius 1 is 1.07 bits per heavy atom. The third kappa shape index (κ3) is 6.39. The minimum absolute atomic E-state index is 0.0845. The van der Waals surface area contributed by atoms with E-state index in [0.29, 0.717) is 55.8 Å². The molecule has 0 aliphatic carbocycles. The van der Waals surface area contributed by atoms with E-state index >= 15 is 0 Å². The second kappa shape index (κ2) is 12.0. The van der Waals surface area contributed by atoms with Gasteiger partial charge in [0.1, 0.15) is 11.6 Å². The number of benzene rings is 2. The molecule has 0 saturated carbocycles. The van der Waals surface area contributed by atoms with Crippen molar-refractivity contribution in [2.45, 2.75) is 30.5 Å². The number of piperazine rings is 1. The first kappa shape index (κ1) is 30.5. The number of carbonyl (C=O) groups is 1. The summed E-state index contributed by atoms with van der Waals surface area (Å²) in [6, 6.07) is 8.85. The molecule has 1 atom stereocenters. The van der Waals surface area contributed by atoms with Crippen LogP contribution in [0.25, 0.3) is 11.1 Å². The van der Waals surface area contributed by atoms with Gasteiger partial charge in [-0.3, -0.25) is 14.0 Å². The summed E-state index contributed by atoms with van der Waals surface area (Å²) in [6.07, 6.45) is -3.08. The number of halogens is 4. The lowest BCUT2D eigenvalue weighted by molar-refractivity contribution is -0.141. The van der Waals surface area contributed by atoms with Crippen LogP contribution in [0, 0.1) is 5.82 Å². The standard InChI is InChI=1S/C29H30F4N4O5S/c1-3-42-24-12-19(11-22(30)15-24)20-13-26-28(34-16-20)36-10-9-35(8-7-27(38)41-2)17-23(36)18-37(26)43(39,40)25-6-4-5-21(14-25)29(31,32)33/h4-6,11-16,23H,3,7-10,17-18H2,1-2H3/t23-/m0/s1. The topological polar surface area (TPSA) is 92.3 Å². The Morgan fingerprint density at radius 2 is 1.86 bits per heavy atom. The van der Waals surface area contributed by atoms with Gasteiger partial charge in [-0.25, -0.2) is 17.8 Å². The lowest BCUT2D eigenvalue weighted by atomic mass is 10.0. The number of fused-ring (bicyclic) bond motifs is 3. The van der Waals surface area contributed by atoms with Gasteiger partial charge in [-0.2, -0.15) is 13.2 Å². The summed E-state index contributed by atoms with van der Waals surface area (Å²) in [5, 5.41) is 0. The summed E-state index contributed by atoms with van der Waals surface area (Å²) in [5.74, 6) is -0.309. The van der Waals surface area contributed by atoms with Crippen LogP contribution in [-0.2, 0) is 25.7 Å². The number of carbonyl (C=O) groups excluding carboxylic acids is 1. The maximum atomic E-state index is 14.5. The van der Waals surface area contributed by atoms with Gasteiger partial charge in [0.05, 0.1) is 48.9 Å². The Balaban J connectivity index is 1.58. The molecule has 2 aromatic carbocycles. The fraction of sp³-hybridized carbons (Fsp3) is 0.379. The Labute approximate surface area is 246 Å². The fourth-order valence-electron chi connectivity index (χ4n) is 5.37. The molecule has 1 aromatic heterocycles. The molecule has 2 aliphatic heterocycles. The van der Waals surface area contributed by atoms with Crippen molar-refractivity contribution in [3.63, 3.8) is 0 Å². The minimum Gasteiger partial charge on any atom is -0.494 e. The predicted octanol–water partition coefficient (Wildman–Crippen LogP) is 4.57. The number of pyridine rings is 1. The highest BCUT2D eigenvalue weighted by molar-refractivity contribution is 7.92. The minimum atomic E-state index is -4.74. The number of esters is 1. The third-order valence-corrected chi connectivity index (χ3v) is 9.23. The zero-order chi connectivity index (χ0) is 30.9. The van der Waals surface area contributed by atoms with Gasteiger partial charge >= 0.3 is 12.1 Å². The van der Waals surface area contributed by atoms with Crippen LogP contribution in [-0.4, -0.2) is 76.8 Å². The second-order valence-corrected chi connectivity index (χ2v) is 12.1. The molecule has 0 spiro atoms. The molecule has 0 unspecified atom stereocenters. The van der Waals surface area contributed by atoms with E-state index < -0.39 is 38.5 Å². The largest absolute Gasteiger partial charge is 0.494 e. The molecule has 14 heteroatoms. The van der Waals surface area contributed by atoms with E-state index in [2.05, 4.69) is 4.98 Å². The van der Waals surface area contributed by atoms with Crippen molar-refractivity contribution in [1.29, 1.82) is 0 Å². The van der Waals surface area contributed by atoms with Crippen LogP contribution >= 0.6 is 0 Å². The smallest absolute Gasteiger partial charge is 0.416 e. The summed E-state index contributed by atoms with van der Waals surface area (Å²) < 4.78 is 94.3. The predicted molar refractivity (Wildman–Crippen MR) is 151 cm³/mol. The number of aromatic nitrogens is 1. The summed E-state index contributed by atoms with van der Waals surface area (Å²) >= 11 is 0. The quantitative estimate of drug-likeness (QED) is 0.267. The maximum absolute atomic E-state index is 14.5. The Hall–Kier alpha value is -3.91. The number of methoxy groups -OCH3 is 1. The molecule has 1 saturated heterocycles. The molecule has 43 heavy (non-hydrogen) atoms. The average molecular weight is 623 g/mol. The van der Waals surface area contributed by atoms with Crippen LogP contribution in [0.4, 0.5) is 29.1 Å². The Morgan fingerprint density at radius 3 is 2.58 bits per heavy atom. The summed E-state index contributed by atoms with van der Waals surface area (Å²) in [7, 11) is -3.20. The third-order valence-electron chi connectivity index (χ3n) is 7.46. The summed E-state index contributed by atoms with van der Waals surface area (Å²) in [5.41, 5.74) is -0.130. The molecule has 0 bridgehead atoms. The lowest BCUT2D eigenvalue weighted by Gasteiger charge is -2.48. The number of ether oxygens (including phenoxy) is 2. The molecule has 5 rings (SSSR count). The number of nitrogens with zero attached hydrogens (tertiary/aromatic N) is 4. The molecular weight excluding hydrogens is 592 g/mol. The molecule has 0 amide bonds. The van der Waals surface area contributed by atoms with Crippen molar-refractivity contribution in [3.8, 4) is 16.9 Å². The summed E-state index contributed by atoms with van der Waals surface area (Å²) in [6.45, 7) is 3.80.